The highest BCUT2D eigenvalue weighted by molar-refractivity contribution is 7.14. The molecule has 1 aromatic heterocycles. The van der Waals surface area contributed by atoms with Gasteiger partial charge in [-0.1, -0.05) is 0 Å². The topological polar surface area (TPSA) is 70.7 Å². The molecule has 7 heteroatoms. The van der Waals surface area contributed by atoms with Crippen molar-refractivity contribution in [2.75, 3.05) is 32.8 Å². The fourth-order valence-corrected chi connectivity index (χ4v) is 5.47. The summed E-state index contributed by atoms with van der Waals surface area (Å²) < 4.78 is 6.21. The lowest BCUT2D eigenvalue weighted by atomic mass is 9.83. The molecule has 0 bridgehead atoms. The van der Waals surface area contributed by atoms with Gasteiger partial charge in [0.05, 0.1) is 17.1 Å². The first-order valence-corrected chi connectivity index (χ1v) is 9.93. The standard InChI is InChI=1S/C18H25N3O3S/c1-12(22)20-13-2-8-21(11-13)17(23)16-10-14-15(25-16)3-9-24-18(14)4-6-19-7-5-18/h10,13,19H,2-9,11H2,1H3,(H,20,22). The maximum atomic E-state index is 12.9. The predicted molar refractivity (Wildman–Crippen MR) is 95.9 cm³/mol. The maximum absolute atomic E-state index is 12.9. The van der Waals surface area contributed by atoms with Crippen molar-refractivity contribution < 1.29 is 14.3 Å². The minimum Gasteiger partial charge on any atom is -0.370 e. The van der Waals surface area contributed by atoms with E-state index in [1.54, 1.807) is 11.3 Å². The molecule has 0 radical (unpaired) electrons. The Balaban J connectivity index is 1.52. The van der Waals surface area contributed by atoms with E-state index < -0.39 is 0 Å². The molecule has 1 atom stereocenters. The van der Waals surface area contributed by atoms with Crippen molar-refractivity contribution >= 4 is 23.2 Å². The van der Waals surface area contributed by atoms with Gasteiger partial charge in [-0.2, -0.15) is 0 Å². The number of fused-ring (bicyclic) bond motifs is 2. The van der Waals surface area contributed by atoms with Gasteiger partial charge < -0.3 is 20.3 Å². The first-order chi connectivity index (χ1) is 12.1. The molecule has 1 unspecified atom stereocenters. The van der Waals surface area contributed by atoms with Crippen LogP contribution in [0.15, 0.2) is 6.07 Å². The van der Waals surface area contributed by atoms with E-state index in [-0.39, 0.29) is 23.5 Å². The van der Waals surface area contributed by atoms with Gasteiger partial charge in [-0.3, -0.25) is 9.59 Å². The Morgan fingerprint density at radius 2 is 2.20 bits per heavy atom. The second-order valence-electron chi connectivity index (χ2n) is 7.23. The minimum absolute atomic E-state index is 0.0316. The third-order valence-corrected chi connectivity index (χ3v) is 6.70. The average molecular weight is 363 g/mol. The van der Waals surface area contributed by atoms with Crippen LogP contribution >= 0.6 is 11.3 Å². The van der Waals surface area contributed by atoms with Gasteiger partial charge in [-0.15, -0.1) is 11.3 Å². The summed E-state index contributed by atoms with van der Waals surface area (Å²) in [6.07, 6.45) is 3.67. The van der Waals surface area contributed by atoms with E-state index in [0.717, 1.165) is 50.3 Å². The van der Waals surface area contributed by atoms with E-state index in [2.05, 4.69) is 16.7 Å². The summed E-state index contributed by atoms with van der Waals surface area (Å²) in [5.41, 5.74) is 1.05. The number of piperidine rings is 1. The molecule has 2 amide bonds. The van der Waals surface area contributed by atoms with Crippen LogP contribution in [-0.2, 0) is 21.6 Å². The number of thiophene rings is 1. The van der Waals surface area contributed by atoms with Crippen LogP contribution in [0.1, 0.15) is 46.3 Å². The highest BCUT2D eigenvalue weighted by Crippen LogP contribution is 2.43. The number of amides is 2. The fourth-order valence-electron chi connectivity index (χ4n) is 4.27. The van der Waals surface area contributed by atoms with E-state index >= 15 is 0 Å². The van der Waals surface area contributed by atoms with Crippen LogP contribution in [0.3, 0.4) is 0 Å². The summed E-state index contributed by atoms with van der Waals surface area (Å²) in [5.74, 6) is 0.0622. The zero-order valence-electron chi connectivity index (χ0n) is 14.6. The highest BCUT2D eigenvalue weighted by Gasteiger charge is 2.41. The van der Waals surface area contributed by atoms with Crippen LogP contribution in [0.25, 0.3) is 0 Å². The fraction of sp³-hybridized carbons (Fsp3) is 0.667. The van der Waals surface area contributed by atoms with Crippen LogP contribution in [0.2, 0.25) is 0 Å². The predicted octanol–water partition coefficient (Wildman–Crippen LogP) is 1.25. The molecule has 0 saturated carbocycles. The van der Waals surface area contributed by atoms with Crippen molar-refractivity contribution in [3.63, 3.8) is 0 Å². The molecule has 6 nitrogen and oxygen atoms in total. The number of hydrogen-bond donors (Lipinski definition) is 2. The monoisotopic (exact) mass is 363 g/mol. The minimum atomic E-state index is -0.197. The number of nitrogens with one attached hydrogen (secondary N) is 2. The third kappa shape index (κ3) is 3.20. The van der Waals surface area contributed by atoms with Crippen molar-refractivity contribution in [1.29, 1.82) is 0 Å². The second kappa shape index (κ2) is 6.70. The van der Waals surface area contributed by atoms with E-state index in [1.165, 1.54) is 17.4 Å². The largest absolute Gasteiger partial charge is 0.370 e. The molecule has 2 fully saturated rings. The second-order valence-corrected chi connectivity index (χ2v) is 8.36. The van der Waals surface area contributed by atoms with Gasteiger partial charge >= 0.3 is 0 Å². The Labute approximate surface area is 151 Å². The van der Waals surface area contributed by atoms with Crippen molar-refractivity contribution in [1.82, 2.24) is 15.5 Å². The molecule has 4 rings (SSSR count). The Hall–Kier alpha value is -1.44. The molecule has 1 aromatic rings. The molecule has 3 aliphatic heterocycles. The first-order valence-electron chi connectivity index (χ1n) is 9.12. The molecule has 1 spiro atoms. The zero-order chi connectivity index (χ0) is 17.4. The van der Waals surface area contributed by atoms with Crippen LogP contribution in [0, 0.1) is 0 Å². The lowest BCUT2D eigenvalue weighted by Crippen LogP contribution is -2.44. The summed E-state index contributed by atoms with van der Waals surface area (Å²) in [5, 5.41) is 6.31. The summed E-state index contributed by atoms with van der Waals surface area (Å²) in [7, 11) is 0. The van der Waals surface area contributed by atoms with Gasteiger partial charge in [0.15, 0.2) is 0 Å². The molecule has 0 aromatic carbocycles. The van der Waals surface area contributed by atoms with E-state index in [4.69, 9.17) is 4.74 Å². The van der Waals surface area contributed by atoms with Gasteiger partial charge in [0.1, 0.15) is 0 Å². The zero-order valence-corrected chi connectivity index (χ0v) is 15.4. The molecule has 2 saturated heterocycles. The quantitative estimate of drug-likeness (QED) is 0.830. The van der Waals surface area contributed by atoms with Crippen molar-refractivity contribution in [3.05, 3.63) is 21.4 Å². The number of likely N-dealkylation sites (tertiary alicyclic amines) is 1. The van der Waals surface area contributed by atoms with E-state index in [9.17, 15) is 9.59 Å². The third-order valence-electron chi connectivity index (χ3n) is 5.51. The number of carbonyl (C=O) groups excluding carboxylic acids is 2. The van der Waals surface area contributed by atoms with Crippen LogP contribution in [0.4, 0.5) is 0 Å². The van der Waals surface area contributed by atoms with Crippen LogP contribution < -0.4 is 10.6 Å². The molecule has 2 N–H and O–H groups in total. The van der Waals surface area contributed by atoms with Gasteiger partial charge in [0.25, 0.3) is 5.91 Å². The first kappa shape index (κ1) is 17.0. The number of carbonyl (C=O) groups is 2. The summed E-state index contributed by atoms with van der Waals surface area (Å²) in [6.45, 7) is 5.50. The lowest BCUT2D eigenvalue weighted by molar-refractivity contribution is -0.119. The number of nitrogens with zero attached hydrogens (tertiary/aromatic N) is 1. The van der Waals surface area contributed by atoms with E-state index in [0.29, 0.717) is 13.1 Å². The smallest absolute Gasteiger partial charge is 0.264 e. The Bertz CT molecular complexity index is 681. The van der Waals surface area contributed by atoms with Crippen molar-refractivity contribution in [2.45, 2.75) is 44.2 Å². The highest BCUT2D eigenvalue weighted by atomic mass is 32.1. The number of ether oxygens (including phenoxy) is 1. The lowest BCUT2D eigenvalue weighted by Gasteiger charge is -2.40. The Kier molecular flexibility index (Phi) is 4.56. The molecule has 3 aliphatic rings. The Morgan fingerprint density at radius 3 is 2.96 bits per heavy atom. The molecule has 0 aliphatic carbocycles. The van der Waals surface area contributed by atoms with Gasteiger partial charge in [0, 0.05) is 37.4 Å². The molecule has 25 heavy (non-hydrogen) atoms. The molecular formula is C18H25N3O3S. The van der Waals surface area contributed by atoms with Gasteiger partial charge in [0.2, 0.25) is 5.91 Å². The van der Waals surface area contributed by atoms with Crippen molar-refractivity contribution in [2.24, 2.45) is 0 Å². The molecule has 136 valence electrons. The summed E-state index contributed by atoms with van der Waals surface area (Å²) in [6, 6.07) is 2.16. The van der Waals surface area contributed by atoms with Crippen molar-refractivity contribution in [3.8, 4) is 0 Å². The SMILES string of the molecule is CC(=O)NC1CCN(C(=O)c2cc3c(s2)CCOC32CCNCC2)C1. The van der Waals surface area contributed by atoms with Crippen LogP contribution in [0.5, 0.6) is 0 Å². The number of rotatable bonds is 2. The maximum Gasteiger partial charge on any atom is 0.264 e. The summed E-state index contributed by atoms with van der Waals surface area (Å²) >= 11 is 1.63. The molecule has 4 heterocycles. The van der Waals surface area contributed by atoms with Crippen LogP contribution in [-0.4, -0.2) is 55.5 Å². The average Bonchev–Trinajstić information content (AvgIpc) is 3.22. The van der Waals surface area contributed by atoms with E-state index in [1.807, 2.05) is 4.90 Å². The number of hydrogen-bond acceptors (Lipinski definition) is 5. The van der Waals surface area contributed by atoms with Gasteiger partial charge in [-0.25, -0.2) is 0 Å². The normalized spacial score (nSPS) is 25.0. The van der Waals surface area contributed by atoms with Gasteiger partial charge in [-0.05, 0) is 44.0 Å². The molecular weight excluding hydrogens is 338 g/mol. The Morgan fingerprint density at radius 1 is 1.40 bits per heavy atom. The summed E-state index contributed by atoms with van der Waals surface area (Å²) in [4.78, 5) is 28.2.